The summed E-state index contributed by atoms with van der Waals surface area (Å²) in [6.07, 6.45) is 0.303. The van der Waals surface area contributed by atoms with Gasteiger partial charge in [0.15, 0.2) is 0 Å². The number of hydrogen-bond donors (Lipinski definition) is 1. The SMILES string of the molecule is COC(=O)[C@@H]1Cc2c([nH]c3ccccc23)[C@@H](c2cccc([N+](=O)[O-])c2)N1C(C)=O. The summed E-state index contributed by atoms with van der Waals surface area (Å²) in [5, 5.41) is 12.3. The van der Waals surface area contributed by atoms with Crippen molar-refractivity contribution in [1.82, 2.24) is 9.88 Å². The molecular weight excluding hydrogens is 374 g/mol. The molecule has 1 N–H and O–H groups in total. The Morgan fingerprint density at radius 1 is 1.21 bits per heavy atom. The maximum absolute atomic E-state index is 12.6. The first-order chi connectivity index (χ1) is 13.9. The van der Waals surface area contributed by atoms with Crippen LogP contribution in [-0.4, -0.2) is 39.8 Å². The van der Waals surface area contributed by atoms with Gasteiger partial charge in [-0.3, -0.25) is 14.9 Å². The number of amides is 1. The lowest BCUT2D eigenvalue weighted by atomic mass is 9.87. The molecule has 1 aromatic heterocycles. The molecule has 1 amide bonds. The van der Waals surface area contributed by atoms with Crippen molar-refractivity contribution >= 4 is 28.5 Å². The Morgan fingerprint density at radius 3 is 2.66 bits per heavy atom. The molecule has 0 radical (unpaired) electrons. The molecule has 0 saturated carbocycles. The van der Waals surface area contributed by atoms with E-state index in [-0.39, 0.29) is 11.6 Å². The Kier molecular flexibility index (Phi) is 4.54. The van der Waals surface area contributed by atoms with Gasteiger partial charge in [-0.1, -0.05) is 30.3 Å². The van der Waals surface area contributed by atoms with Crippen molar-refractivity contribution in [2.45, 2.75) is 25.4 Å². The van der Waals surface area contributed by atoms with E-state index in [1.165, 1.54) is 31.1 Å². The molecule has 0 saturated heterocycles. The summed E-state index contributed by atoms with van der Waals surface area (Å²) in [6, 6.07) is 12.3. The molecule has 4 rings (SSSR count). The molecule has 2 aromatic carbocycles. The van der Waals surface area contributed by atoms with Crippen LogP contribution in [-0.2, 0) is 20.7 Å². The fraction of sp³-hybridized carbons (Fsp3) is 0.238. The van der Waals surface area contributed by atoms with Crippen molar-refractivity contribution in [3.8, 4) is 0 Å². The maximum Gasteiger partial charge on any atom is 0.328 e. The summed E-state index contributed by atoms with van der Waals surface area (Å²) >= 11 is 0. The molecular formula is C21H19N3O5. The lowest BCUT2D eigenvalue weighted by Crippen LogP contribution is -2.51. The average Bonchev–Trinajstić information content (AvgIpc) is 3.10. The number of fused-ring (bicyclic) bond motifs is 3. The number of H-pyrrole nitrogens is 1. The number of ether oxygens (including phenoxy) is 1. The van der Waals surface area contributed by atoms with Crippen LogP contribution in [0.5, 0.6) is 0 Å². The minimum Gasteiger partial charge on any atom is -0.467 e. The normalized spacial score (nSPS) is 18.3. The molecule has 29 heavy (non-hydrogen) atoms. The zero-order valence-corrected chi connectivity index (χ0v) is 15.9. The molecule has 8 heteroatoms. The minimum atomic E-state index is -0.825. The van der Waals surface area contributed by atoms with E-state index >= 15 is 0 Å². The quantitative estimate of drug-likeness (QED) is 0.418. The van der Waals surface area contributed by atoms with E-state index in [1.807, 2.05) is 24.3 Å². The molecule has 0 fully saturated rings. The van der Waals surface area contributed by atoms with E-state index in [4.69, 9.17) is 4.74 Å². The molecule has 148 valence electrons. The fourth-order valence-corrected chi connectivity index (χ4v) is 4.15. The number of carbonyl (C=O) groups excluding carboxylic acids is 2. The number of para-hydroxylation sites is 1. The van der Waals surface area contributed by atoms with Crippen molar-refractivity contribution in [2.75, 3.05) is 7.11 Å². The van der Waals surface area contributed by atoms with Crippen molar-refractivity contribution in [3.05, 3.63) is 75.5 Å². The van der Waals surface area contributed by atoms with Gasteiger partial charge in [0, 0.05) is 42.1 Å². The molecule has 1 aliphatic rings. The van der Waals surface area contributed by atoms with Crippen LogP contribution in [0.25, 0.3) is 10.9 Å². The summed E-state index contributed by atoms with van der Waals surface area (Å²) in [7, 11) is 1.29. The number of hydrogen-bond acceptors (Lipinski definition) is 5. The molecule has 3 aromatic rings. The number of benzene rings is 2. The topological polar surface area (TPSA) is 106 Å². The number of methoxy groups -OCH3 is 1. The van der Waals surface area contributed by atoms with Gasteiger partial charge in [-0.2, -0.15) is 0 Å². The summed E-state index contributed by atoms with van der Waals surface area (Å²) in [4.78, 5) is 40.8. The molecule has 2 atom stereocenters. The zero-order valence-electron chi connectivity index (χ0n) is 15.9. The third-order valence-electron chi connectivity index (χ3n) is 5.37. The highest BCUT2D eigenvalue weighted by molar-refractivity contribution is 5.90. The number of rotatable bonds is 3. The largest absolute Gasteiger partial charge is 0.467 e. The smallest absolute Gasteiger partial charge is 0.328 e. The summed E-state index contributed by atoms with van der Waals surface area (Å²) in [6.45, 7) is 1.38. The lowest BCUT2D eigenvalue weighted by Gasteiger charge is -2.40. The second-order valence-corrected chi connectivity index (χ2v) is 6.99. The third-order valence-corrected chi connectivity index (χ3v) is 5.37. The first-order valence-corrected chi connectivity index (χ1v) is 9.13. The van der Waals surface area contributed by atoms with E-state index in [0.717, 1.165) is 22.2 Å². The van der Waals surface area contributed by atoms with Gasteiger partial charge in [0.05, 0.1) is 18.1 Å². The van der Waals surface area contributed by atoms with E-state index in [1.54, 1.807) is 12.1 Å². The van der Waals surface area contributed by atoms with Crippen LogP contribution in [0.4, 0.5) is 5.69 Å². The number of nitrogens with one attached hydrogen (secondary N) is 1. The molecule has 0 aliphatic carbocycles. The van der Waals surface area contributed by atoms with Crippen molar-refractivity contribution in [3.63, 3.8) is 0 Å². The van der Waals surface area contributed by atoms with E-state index in [0.29, 0.717) is 12.0 Å². The Balaban J connectivity index is 1.99. The highest BCUT2D eigenvalue weighted by Crippen LogP contribution is 2.41. The Morgan fingerprint density at radius 2 is 1.97 bits per heavy atom. The number of aromatic nitrogens is 1. The first-order valence-electron chi connectivity index (χ1n) is 9.13. The Bertz CT molecular complexity index is 1140. The second-order valence-electron chi connectivity index (χ2n) is 6.99. The minimum absolute atomic E-state index is 0.0798. The lowest BCUT2D eigenvalue weighted by molar-refractivity contribution is -0.384. The van der Waals surface area contributed by atoms with E-state index in [9.17, 15) is 19.7 Å². The summed E-state index contributed by atoms with van der Waals surface area (Å²) in [5.41, 5.74) is 3.01. The Labute approximate surface area is 166 Å². The number of nitro benzene ring substituents is 1. The average molecular weight is 393 g/mol. The van der Waals surface area contributed by atoms with E-state index in [2.05, 4.69) is 4.98 Å². The van der Waals surface area contributed by atoms with Crippen LogP contribution in [0.1, 0.15) is 29.8 Å². The van der Waals surface area contributed by atoms with Gasteiger partial charge in [-0.25, -0.2) is 4.79 Å². The number of aromatic amines is 1. The van der Waals surface area contributed by atoms with Gasteiger partial charge in [0.2, 0.25) is 5.91 Å². The molecule has 0 bridgehead atoms. The maximum atomic E-state index is 12.6. The van der Waals surface area contributed by atoms with Crippen LogP contribution >= 0.6 is 0 Å². The molecule has 2 heterocycles. The number of carbonyl (C=O) groups is 2. The van der Waals surface area contributed by atoms with Crippen molar-refractivity contribution in [1.29, 1.82) is 0 Å². The highest BCUT2D eigenvalue weighted by Gasteiger charge is 2.43. The zero-order chi connectivity index (χ0) is 20.7. The van der Waals surface area contributed by atoms with Crippen LogP contribution in [0.15, 0.2) is 48.5 Å². The molecule has 8 nitrogen and oxygen atoms in total. The van der Waals surface area contributed by atoms with E-state index < -0.39 is 23.0 Å². The van der Waals surface area contributed by atoms with Crippen LogP contribution in [0.2, 0.25) is 0 Å². The number of non-ortho nitro benzene ring substituents is 1. The van der Waals surface area contributed by atoms with Crippen molar-refractivity contribution < 1.29 is 19.2 Å². The fourth-order valence-electron chi connectivity index (χ4n) is 4.15. The number of esters is 1. The number of nitro groups is 1. The molecule has 0 spiro atoms. The predicted octanol–water partition coefficient (Wildman–Crippen LogP) is 3.11. The van der Waals surface area contributed by atoms with Crippen molar-refractivity contribution in [2.24, 2.45) is 0 Å². The van der Waals surface area contributed by atoms with Gasteiger partial charge in [-0.05, 0) is 17.2 Å². The Hall–Kier alpha value is -3.68. The second kappa shape index (κ2) is 7.05. The van der Waals surface area contributed by atoms with Gasteiger partial charge >= 0.3 is 5.97 Å². The van der Waals surface area contributed by atoms with Crippen LogP contribution in [0, 0.1) is 10.1 Å². The van der Waals surface area contributed by atoms with Crippen LogP contribution in [0.3, 0.4) is 0 Å². The molecule has 1 aliphatic heterocycles. The van der Waals surface area contributed by atoms with Gasteiger partial charge in [0.25, 0.3) is 5.69 Å². The first kappa shape index (κ1) is 18.7. The van der Waals surface area contributed by atoms with Crippen LogP contribution < -0.4 is 0 Å². The summed E-state index contributed by atoms with van der Waals surface area (Å²) < 4.78 is 4.97. The monoisotopic (exact) mass is 393 g/mol. The van der Waals surface area contributed by atoms with Gasteiger partial charge in [0.1, 0.15) is 6.04 Å². The predicted molar refractivity (Wildman–Crippen MR) is 105 cm³/mol. The number of nitrogens with zero attached hydrogens (tertiary/aromatic N) is 2. The standard InChI is InChI=1S/C21H19N3O5/c1-12(25)23-18(21(26)29-2)11-16-15-8-3-4-9-17(15)22-19(16)20(23)13-6-5-7-14(10-13)24(27)28/h3-10,18,20,22H,11H2,1-2H3/t18-,20+/m0/s1. The summed E-state index contributed by atoms with van der Waals surface area (Å²) in [5.74, 6) is -0.840. The van der Waals surface area contributed by atoms with Gasteiger partial charge in [-0.15, -0.1) is 0 Å². The van der Waals surface area contributed by atoms with Gasteiger partial charge < -0.3 is 14.6 Å². The molecule has 0 unspecified atom stereocenters. The third kappa shape index (κ3) is 3.02. The highest BCUT2D eigenvalue weighted by atomic mass is 16.6.